The summed E-state index contributed by atoms with van der Waals surface area (Å²) < 4.78 is 1.44. The van der Waals surface area contributed by atoms with Crippen LogP contribution in [0.1, 0.15) is 5.69 Å². The summed E-state index contributed by atoms with van der Waals surface area (Å²) in [5.41, 5.74) is 0.671. The van der Waals surface area contributed by atoms with Crippen LogP contribution in [-0.2, 0) is 0 Å². The Labute approximate surface area is 65.1 Å². The van der Waals surface area contributed by atoms with E-state index in [1.54, 1.807) is 18.2 Å². The minimum atomic E-state index is -0.0857. The van der Waals surface area contributed by atoms with Crippen molar-refractivity contribution in [2.45, 2.75) is 0 Å². The molecule has 2 nitrogen and oxygen atoms in total. The summed E-state index contributed by atoms with van der Waals surface area (Å²) in [5, 5.41) is 0. The van der Waals surface area contributed by atoms with E-state index in [9.17, 15) is 4.79 Å². The first-order valence-corrected chi connectivity index (χ1v) is 3.26. The fourth-order valence-corrected chi connectivity index (χ4v) is 0.879. The van der Waals surface area contributed by atoms with Crippen molar-refractivity contribution in [3.8, 4) is 0 Å². The largest absolute Gasteiger partial charge is 0.285 e. The van der Waals surface area contributed by atoms with Gasteiger partial charge < -0.3 is 0 Å². The SMILES string of the molecule is C=Cc1cccc(=O)n1C=C. The summed E-state index contributed by atoms with van der Waals surface area (Å²) in [5.74, 6) is 0. The van der Waals surface area contributed by atoms with E-state index in [1.165, 1.54) is 16.8 Å². The van der Waals surface area contributed by atoms with Gasteiger partial charge >= 0.3 is 0 Å². The summed E-state index contributed by atoms with van der Waals surface area (Å²) >= 11 is 0. The molecule has 2 heteroatoms. The molecule has 0 aliphatic rings. The van der Waals surface area contributed by atoms with Gasteiger partial charge in [-0.25, -0.2) is 0 Å². The molecule has 0 aliphatic heterocycles. The zero-order valence-electron chi connectivity index (χ0n) is 6.16. The van der Waals surface area contributed by atoms with Crippen molar-refractivity contribution in [1.82, 2.24) is 4.57 Å². The molecule has 0 aromatic carbocycles. The zero-order valence-corrected chi connectivity index (χ0v) is 6.16. The first kappa shape index (κ1) is 7.54. The average molecular weight is 147 g/mol. The predicted octanol–water partition coefficient (Wildman–Crippen LogP) is 1.59. The Hall–Kier alpha value is -1.57. The van der Waals surface area contributed by atoms with Crippen LogP contribution in [-0.4, -0.2) is 4.57 Å². The molecule has 0 aliphatic carbocycles. The number of pyridine rings is 1. The lowest BCUT2D eigenvalue weighted by atomic mass is 10.3. The molecule has 0 atom stereocenters. The third-order valence-corrected chi connectivity index (χ3v) is 1.41. The van der Waals surface area contributed by atoms with Crippen LogP contribution in [0.2, 0.25) is 0 Å². The van der Waals surface area contributed by atoms with Crippen LogP contribution in [0.15, 0.2) is 36.2 Å². The van der Waals surface area contributed by atoms with E-state index in [4.69, 9.17) is 0 Å². The third kappa shape index (κ3) is 1.29. The van der Waals surface area contributed by atoms with Gasteiger partial charge in [0.2, 0.25) is 0 Å². The molecule has 56 valence electrons. The van der Waals surface area contributed by atoms with Gasteiger partial charge in [0, 0.05) is 18.0 Å². The van der Waals surface area contributed by atoms with E-state index in [0.29, 0.717) is 0 Å². The maximum absolute atomic E-state index is 11.1. The molecule has 0 amide bonds. The fraction of sp³-hybridized carbons (Fsp3) is 0. The van der Waals surface area contributed by atoms with Crippen LogP contribution in [0.4, 0.5) is 0 Å². The van der Waals surface area contributed by atoms with E-state index in [-0.39, 0.29) is 5.56 Å². The molecule has 0 unspecified atom stereocenters. The van der Waals surface area contributed by atoms with Gasteiger partial charge in [-0.15, -0.1) is 0 Å². The van der Waals surface area contributed by atoms with Crippen molar-refractivity contribution in [3.05, 3.63) is 47.4 Å². The smallest absolute Gasteiger partial charge is 0.255 e. The van der Waals surface area contributed by atoms with Crippen LogP contribution < -0.4 is 5.56 Å². The number of rotatable bonds is 2. The Kier molecular flexibility index (Phi) is 2.06. The molecule has 0 saturated carbocycles. The molecule has 1 rings (SSSR count). The van der Waals surface area contributed by atoms with Gasteiger partial charge in [0.15, 0.2) is 0 Å². The van der Waals surface area contributed by atoms with Gasteiger partial charge in [-0.3, -0.25) is 9.36 Å². The summed E-state index contributed by atoms with van der Waals surface area (Å²) in [4.78, 5) is 11.1. The summed E-state index contributed by atoms with van der Waals surface area (Å²) in [7, 11) is 0. The Morgan fingerprint density at radius 2 is 2.09 bits per heavy atom. The zero-order chi connectivity index (χ0) is 8.27. The number of hydrogen-bond donors (Lipinski definition) is 0. The quantitative estimate of drug-likeness (QED) is 0.622. The normalized spacial score (nSPS) is 9.09. The highest BCUT2D eigenvalue weighted by Gasteiger charge is 1.93. The summed E-state index contributed by atoms with van der Waals surface area (Å²) in [6, 6.07) is 4.98. The van der Waals surface area contributed by atoms with Gasteiger partial charge in [0.05, 0.1) is 0 Å². The van der Waals surface area contributed by atoms with Gasteiger partial charge in [-0.2, -0.15) is 0 Å². The molecular formula is C9H9NO. The number of aromatic nitrogens is 1. The fourth-order valence-electron chi connectivity index (χ4n) is 0.879. The third-order valence-electron chi connectivity index (χ3n) is 1.41. The number of nitrogens with zero attached hydrogens (tertiary/aromatic N) is 1. The monoisotopic (exact) mass is 147 g/mol. The predicted molar refractivity (Wildman–Crippen MR) is 47.2 cm³/mol. The molecule has 1 aromatic heterocycles. The van der Waals surface area contributed by atoms with Crippen LogP contribution in [0, 0.1) is 0 Å². The molecule has 0 fully saturated rings. The van der Waals surface area contributed by atoms with Crippen molar-refractivity contribution in [3.63, 3.8) is 0 Å². The van der Waals surface area contributed by atoms with E-state index >= 15 is 0 Å². The van der Waals surface area contributed by atoms with Crippen molar-refractivity contribution in [2.75, 3.05) is 0 Å². The molecule has 1 aromatic rings. The Bertz CT molecular complexity index is 336. The van der Waals surface area contributed by atoms with E-state index in [0.717, 1.165) is 5.69 Å². The highest BCUT2D eigenvalue weighted by atomic mass is 16.1. The molecule has 0 bridgehead atoms. The highest BCUT2D eigenvalue weighted by Crippen LogP contribution is 1.96. The second-order valence-electron chi connectivity index (χ2n) is 2.05. The van der Waals surface area contributed by atoms with E-state index in [1.807, 2.05) is 0 Å². The standard InChI is InChI=1S/C9H9NO/c1-3-8-6-5-7-9(11)10(8)4-2/h3-7H,1-2H2. The summed E-state index contributed by atoms with van der Waals surface area (Å²) in [6.45, 7) is 7.09. The molecule has 0 radical (unpaired) electrons. The first-order chi connectivity index (χ1) is 5.29. The Morgan fingerprint density at radius 3 is 2.55 bits per heavy atom. The van der Waals surface area contributed by atoms with Crippen LogP contribution in [0.25, 0.3) is 12.3 Å². The van der Waals surface area contributed by atoms with E-state index < -0.39 is 0 Å². The van der Waals surface area contributed by atoms with Crippen molar-refractivity contribution < 1.29 is 0 Å². The van der Waals surface area contributed by atoms with Gasteiger partial charge in [-0.05, 0) is 12.1 Å². The van der Waals surface area contributed by atoms with Crippen molar-refractivity contribution >= 4 is 12.3 Å². The topological polar surface area (TPSA) is 22.0 Å². The van der Waals surface area contributed by atoms with Crippen molar-refractivity contribution in [2.24, 2.45) is 0 Å². The lowest BCUT2D eigenvalue weighted by Crippen LogP contribution is -2.15. The second kappa shape index (κ2) is 3.01. The summed E-state index contributed by atoms with van der Waals surface area (Å²) in [6.07, 6.45) is 3.09. The molecular weight excluding hydrogens is 138 g/mol. The maximum Gasteiger partial charge on any atom is 0.255 e. The Morgan fingerprint density at radius 1 is 1.36 bits per heavy atom. The van der Waals surface area contributed by atoms with E-state index in [2.05, 4.69) is 13.2 Å². The number of hydrogen-bond acceptors (Lipinski definition) is 1. The Balaban J connectivity index is 3.47. The average Bonchev–Trinajstić information content (AvgIpc) is 2.04. The minimum absolute atomic E-state index is 0.0857. The first-order valence-electron chi connectivity index (χ1n) is 3.26. The van der Waals surface area contributed by atoms with Crippen LogP contribution in [0.5, 0.6) is 0 Å². The second-order valence-corrected chi connectivity index (χ2v) is 2.05. The molecule has 0 saturated heterocycles. The minimum Gasteiger partial charge on any atom is -0.285 e. The molecule has 0 N–H and O–H groups in total. The van der Waals surface area contributed by atoms with Crippen molar-refractivity contribution in [1.29, 1.82) is 0 Å². The molecule has 0 spiro atoms. The molecule has 11 heavy (non-hydrogen) atoms. The van der Waals surface area contributed by atoms with Crippen LogP contribution >= 0.6 is 0 Å². The lowest BCUT2D eigenvalue weighted by Gasteiger charge is -2.00. The lowest BCUT2D eigenvalue weighted by molar-refractivity contribution is 1.04. The van der Waals surface area contributed by atoms with Crippen LogP contribution in [0.3, 0.4) is 0 Å². The highest BCUT2D eigenvalue weighted by molar-refractivity contribution is 5.45. The van der Waals surface area contributed by atoms with Gasteiger partial charge in [0.25, 0.3) is 5.56 Å². The maximum atomic E-state index is 11.1. The van der Waals surface area contributed by atoms with Gasteiger partial charge in [-0.1, -0.05) is 19.2 Å². The molecule has 1 heterocycles. The van der Waals surface area contributed by atoms with Gasteiger partial charge in [0.1, 0.15) is 0 Å².